The summed E-state index contributed by atoms with van der Waals surface area (Å²) < 4.78 is 18.9. The maximum Gasteiger partial charge on any atom is 0.137 e. The molecule has 0 aliphatic heterocycles. The Balaban J connectivity index is 2.07. The van der Waals surface area contributed by atoms with Gasteiger partial charge in [0.1, 0.15) is 11.6 Å². The summed E-state index contributed by atoms with van der Waals surface area (Å²) in [7, 11) is 1.65. The Morgan fingerprint density at radius 3 is 2.53 bits per heavy atom. The molecular weight excluding hydrogens is 309 g/mol. The van der Waals surface area contributed by atoms with Crippen molar-refractivity contribution in [2.75, 3.05) is 12.4 Å². The zero-order valence-corrected chi connectivity index (χ0v) is 12.4. The Hall–Kier alpha value is -1.55. The van der Waals surface area contributed by atoms with Gasteiger partial charge < -0.3 is 10.1 Å². The van der Waals surface area contributed by atoms with E-state index in [0.717, 1.165) is 22.6 Å². The van der Waals surface area contributed by atoms with Crippen molar-refractivity contribution in [3.05, 3.63) is 57.8 Å². The predicted octanol–water partition coefficient (Wildman–Crippen LogP) is 4.52. The normalized spacial score (nSPS) is 10.3. The van der Waals surface area contributed by atoms with Crippen LogP contribution in [-0.2, 0) is 6.54 Å². The SMILES string of the molecule is COc1ccc(CNc2cc(Br)c(F)cc2C)cc1. The average molecular weight is 324 g/mol. The van der Waals surface area contributed by atoms with Gasteiger partial charge in [0.25, 0.3) is 0 Å². The van der Waals surface area contributed by atoms with E-state index in [1.807, 2.05) is 31.2 Å². The molecule has 0 aromatic heterocycles. The number of hydrogen-bond donors (Lipinski definition) is 1. The van der Waals surface area contributed by atoms with Crippen LogP contribution < -0.4 is 10.1 Å². The van der Waals surface area contributed by atoms with E-state index in [2.05, 4.69) is 21.2 Å². The molecule has 0 fully saturated rings. The van der Waals surface area contributed by atoms with Crippen molar-refractivity contribution in [2.24, 2.45) is 0 Å². The van der Waals surface area contributed by atoms with Gasteiger partial charge in [0.05, 0.1) is 11.6 Å². The fourth-order valence-electron chi connectivity index (χ4n) is 1.78. The summed E-state index contributed by atoms with van der Waals surface area (Å²) in [6.45, 7) is 2.56. The second-order valence-corrected chi connectivity index (χ2v) is 5.14. The van der Waals surface area contributed by atoms with Gasteiger partial charge in [-0.3, -0.25) is 0 Å². The maximum atomic E-state index is 13.3. The molecular formula is C15H15BrFNO. The molecule has 0 aliphatic carbocycles. The molecule has 2 rings (SSSR count). The lowest BCUT2D eigenvalue weighted by molar-refractivity contribution is 0.414. The van der Waals surface area contributed by atoms with Crippen LogP contribution in [0.15, 0.2) is 40.9 Å². The van der Waals surface area contributed by atoms with Crippen molar-refractivity contribution in [1.82, 2.24) is 0 Å². The minimum atomic E-state index is -0.243. The van der Waals surface area contributed by atoms with Crippen LogP contribution >= 0.6 is 15.9 Å². The summed E-state index contributed by atoms with van der Waals surface area (Å²) in [5.74, 6) is 0.594. The van der Waals surface area contributed by atoms with E-state index < -0.39 is 0 Å². The first kappa shape index (κ1) is 13.9. The molecule has 0 heterocycles. The number of methoxy groups -OCH3 is 1. The van der Waals surface area contributed by atoms with Crippen LogP contribution in [0.2, 0.25) is 0 Å². The highest BCUT2D eigenvalue weighted by atomic mass is 79.9. The molecule has 2 aromatic rings. The summed E-state index contributed by atoms with van der Waals surface area (Å²) in [5, 5.41) is 3.30. The zero-order valence-electron chi connectivity index (χ0n) is 10.8. The van der Waals surface area contributed by atoms with Gasteiger partial charge in [-0.05, 0) is 58.2 Å². The molecule has 0 aliphatic rings. The second kappa shape index (κ2) is 6.06. The van der Waals surface area contributed by atoms with Crippen LogP contribution in [0.5, 0.6) is 5.75 Å². The third-order valence-corrected chi connectivity index (χ3v) is 3.52. The highest BCUT2D eigenvalue weighted by molar-refractivity contribution is 9.10. The fraction of sp³-hybridized carbons (Fsp3) is 0.200. The number of anilines is 1. The Labute approximate surface area is 120 Å². The van der Waals surface area contributed by atoms with Gasteiger partial charge in [-0.25, -0.2) is 4.39 Å². The number of benzene rings is 2. The number of aryl methyl sites for hydroxylation is 1. The Bertz CT molecular complexity index is 569. The van der Waals surface area contributed by atoms with E-state index in [0.29, 0.717) is 11.0 Å². The molecule has 0 amide bonds. The van der Waals surface area contributed by atoms with Gasteiger partial charge in [0.2, 0.25) is 0 Å². The molecule has 0 bridgehead atoms. The van der Waals surface area contributed by atoms with Crippen LogP contribution in [0.4, 0.5) is 10.1 Å². The molecule has 2 aromatic carbocycles. The van der Waals surface area contributed by atoms with Crippen molar-refractivity contribution in [3.8, 4) is 5.75 Å². The lowest BCUT2D eigenvalue weighted by atomic mass is 10.1. The highest BCUT2D eigenvalue weighted by Crippen LogP contribution is 2.24. The van der Waals surface area contributed by atoms with E-state index in [1.54, 1.807) is 13.2 Å². The summed E-state index contributed by atoms with van der Waals surface area (Å²) in [6, 6.07) is 11.1. The third-order valence-electron chi connectivity index (χ3n) is 2.91. The van der Waals surface area contributed by atoms with Gasteiger partial charge in [0.15, 0.2) is 0 Å². The van der Waals surface area contributed by atoms with Gasteiger partial charge in [0, 0.05) is 12.2 Å². The van der Waals surface area contributed by atoms with Crippen LogP contribution in [0.3, 0.4) is 0 Å². The first-order valence-corrected chi connectivity index (χ1v) is 6.72. The van der Waals surface area contributed by atoms with Gasteiger partial charge in [-0.2, -0.15) is 0 Å². The van der Waals surface area contributed by atoms with Crippen molar-refractivity contribution in [1.29, 1.82) is 0 Å². The van der Waals surface area contributed by atoms with Gasteiger partial charge >= 0.3 is 0 Å². The summed E-state index contributed by atoms with van der Waals surface area (Å²) in [4.78, 5) is 0. The van der Waals surface area contributed by atoms with E-state index in [1.165, 1.54) is 6.07 Å². The minimum Gasteiger partial charge on any atom is -0.497 e. The van der Waals surface area contributed by atoms with Crippen molar-refractivity contribution in [3.63, 3.8) is 0 Å². The largest absolute Gasteiger partial charge is 0.497 e. The zero-order chi connectivity index (χ0) is 13.8. The number of rotatable bonds is 4. The second-order valence-electron chi connectivity index (χ2n) is 4.28. The van der Waals surface area contributed by atoms with Crippen LogP contribution in [-0.4, -0.2) is 7.11 Å². The molecule has 4 heteroatoms. The van der Waals surface area contributed by atoms with E-state index in [4.69, 9.17) is 4.74 Å². The Morgan fingerprint density at radius 2 is 1.89 bits per heavy atom. The molecule has 2 nitrogen and oxygen atoms in total. The molecule has 0 saturated carbocycles. The summed E-state index contributed by atoms with van der Waals surface area (Å²) in [5.41, 5.74) is 2.94. The number of hydrogen-bond acceptors (Lipinski definition) is 2. The number of nitrogens with one attached hydrogen (secondary N) is 1. The van der Waals surface area contributed by atoms with Crippen molar-refractivity contribution < 1.29 is 9.13 Å². The van der Waals surface area contributed by atoms with Crippen LogP contribution in [0, 0.1) is 12.7 Å². The minimum absolute atomic E-state index is 0.243. The molecule has 1 N–H and O–H groups in total. The molecule has 0 saturated heterocycles. The predicted molar refractivity (Wildman–Crippen MR) is 79.2 cm³/mol. The molecule has 0 atom stereocenters. The summed E-state index contributed by atoms with van der Waals surface area (Å²) >= 11 is 3.19. The van der Waals surface area contributed by atoms with E-state index >= 15 is 0 Å². The third kappa shape index (κ3) is 3.47. The highest BCUT2D eigenvalue weighted by Gasteiger charge is 2.05. The van der Waals surface area contributed by atoms with Gasteiger partial charge in [-0.1, -0.05) is 12.1 Å². The van der Waals surface area contributed by atoms with Crippen molar-refractivity contribution >= 4 is 21.6 Å². The maximum absolute atomic E-state index is 13.3. The smallest absolute Gasteiger partial charge is 0.137 e. The van der Waals surface area contributed by atoms with Gasteiger partial charge in [-0.15, -0.1) is 0 Å². The molecule has 19 heavy (non-hydrogen) atoms. The number of halogens is 2. The summed E-state index contributed by atoms with van der Waals surface area (Å²) in [6.07, 6.45) is 0. The average Bonchev–Trinajstić information content (AvgIpc) is 2.42. The first-order valence-electron chi connectivity index (χ1n) is 5.92. The van der Waals surface area contributed by atoms with Crippen molar-refractivity contribution in [2.45, 2.75) is 13.5 Å². The quantitative estimate of drug-likeness (QED) is 0.893. The van der Waals surface area contributed by atoms with Crippen LogP contribution in [0.25, 0.3) is 0 Å². The fourth-order valence-corrected chi connectivity index (χ4v) is 2.12. The topological polar surface area (TPSA) is 21.3 Å². The number of ether oxygens (including phenoxy) is 1. The van der Waals surface area contributed by atoms with E-state index in [9.17, 15) is 4.39 Å². The standard InChI is InChI=1S/C15H15BrFNO/c1-10-7-14(17)13(16)8-15(10)18-9-11-3-5-12(19-2)6-4-11/h3-8,18H,9H2,1-2H3. The lowest BCUT2D eigenvalue weighted by Crippen LogP contribution is -2.01. The molecule has 0 spiro atoms. The first-order chi connectivity index (χ1) is 9.10. The van der Waals surface area contributed by atoms with Crippen LogP contribution in [0.1, 0.15) is 11.1 Å². The van der Waals surface area contributed by atoms with E-state index in [-0.39, 0.29) is 5.82 Å². The molecule has 100 valence electrons. The molecule has 0 radical (unpaired) electrons. The monoisotopic (exact) mass is 323 g/mol. The Kier molecular flexibility index (Phi) is 4.43. The molecule has 0 unspecified atom stereocenters. The Morgan fingerprint density at radius 1 is 1.21 bits per heavy atom. The lowest BCUT2D eigenvalue weighted by Gasteiger charge is -2.11.